The number of guanidine groups is 1. The summed E-state index contributed by atoms with van der Waals surface area (Å²) in [5.41, 5.74) is 0.404. The lowest BCUT2D eigenvalue weighted by molar-refractivity contribution is -0.124. The number of benzene rings is 2. The zero-order valence-corrected chi connectivity index (χ0v) is 18.1. The Morgan fingerprint density at radius 2 is 2.00 bits per heavy atom. The molecule has 1 fully saturated rings. The maximum absolute atomic E-state index is 14.7. The van der Waals surface area contributed by atoms with Crippen LogP contribution in [0.3, 0.4) is 0 Å². The number of nitrogens with zero attached hydrogens (tertiary/aromatic N) is 3. The molecule has 0 saturated heterocycles. The predicted octanol–water partition coefficient (Wildman–Crippen LogP) is 4.94. The Kier molecular flexibility index (Phi) is 6.23. The Hall–Kier alpha value is -3.26. The minimum absolute atomic E-state index is 0.166. The highest BCUT2D eigenvalue weighted by atomic mass is 35.5. The highest BCUT2D eigenvalue weighted by Crippen LogP contribution is 2.45. The van der Waals surface area contributed by atoms with Gasteiger partial charge in [-0.2, -0.15) is 0 Å². The highest BCUT2D eigenvalue weighted by Gasteiger charge is 2.45. The Labute approximate surface area is 189 Å². The van der Waals surface area contributed by atoms with Gasteiger partial charge in [-0.15, -0.1) is 0 Å². The zero-order chi connectivity index (χ0) is 22.7. The van der Waals surface area contributed by atoms with Crippen molar-refractivity contribution in [1.82, 2.24) is 14.9 Å². The van der Waals surface area contributed by atoms with Crippen molar-refractivity contribution < 1.29 is 13.6 Å². The molecule has 0 radical (unpaired) electrons. The molecule has 6 nitrogen and oxygen atoms in total. The van der Waals surface area contributed by atoms with E-state index in [-0.39, 0.29) is 24.0 Å². The summed E-state index contributed by atoms with van der Waals surface area (Å²) in [6, 6.07) is 9.50. The minimum atomic E-state index is -0.757. The molecule has 1 amide bonds. The smallest absolute Gasteiger partial charge is 0.232 e. The number of rotatable bonds is 6. The summed E-state index contributed by atoms with van der Waals surface area (Å²) in [7, 11) is 0. The number of aromatic nitrogens is 2. The molecule has 1 heterocycles. The molecule has 2 N–H and O–H groups in total. The van der Waals surface area contributed by atoms with Crippen LogP contribution in [-0.4, -0.2) is 21.4 Å². The second-order valence-corrected chi connectivity index (χ2v) is 8.50. The topological polar surface area (TPSA) is 71.3 Å². The summed E-state index contributed by atoms with van der Waals surface area (Å²) in [5.74, 6) is -1.39. The van der Waals surface area contributed by atoms with E-state index < -0.39 is 23.1 Å². The van der Waals surface area contributed by atoms with Gasteiger partial charge in [0, 0.05) is 40.1 Å². The van der Waals surface area contributed by atoms with Crippen LogP contribution in [0.15, 0.2) is 66.2 Å². The summed E-state index contributed by atoms with van der Waals surface area (Å²) < 4.78 is 29.9. The minimum Gasteiger partial charge on any atom is -0.335 e. The van der Waals surface area contributed by atoms with E-state index in [1.165, 1.54) is 12.1 Å². The number of carbonyl (C=O) groups excluding carboxylic acids is 1. The molecule has 0 aliphatic heterocycles. The largest absolute Gasteiger partial charge is 0.335 e. The van der Waals surface area contributed by atoms with Crippen LogP contribution in [-0.2, 0) is 11.3 Å². The van der Waals surface area contributed by atoms with Crippen LogP contribution < -0.4 is 10.6 Å². The first-order valence-corrected chi connectivity index (χ1v) is 10.5. The number of aliphatic imine (C=N–C) groups is 1. The Bertz CT molecular complexity index is 1130. The van der Waals surface area contributed by atoms with Crippen LogP contribution in [0.25, 0.3) is 0 Å². The molecule has 4 rings (SSSR count). The Balaban J connectivity index is 1.70. The highest BCUT2D eigenvalue weighted by molar-refractivity contribution is 6.30. The molecule has 3 aromatic rings. The number of hydrogen-bond donors (Lipinski definition) is 2. The molecule has 0 spiro atoms. The molecule has 1 saturated carbocycles. The van der Waals surface area contributed by atoms with Gasteiger partial charge < -0.3 is 9.88 Å². The zero-order valence-electron chi connectivity index (χ0n) is 17.4. The van der Waals surface area contributed by atoms with E-state index in [2.05, 4.69) is 20.6 Å². The van der Waals surface area contributed by atoms with Crippen molar-refractivity contribution in [3.05, 3.63) is 83.4 Å². The third-order valence-corrected chi connectivity index (χ3v) is 5.69. The van der Waals surface area contributed by atoms with Crippen molar-refractivity contribution in [3.63, 3.8) is 0 Å². The molecule has 1 atom stereocenters. The van der Waals surface area contributed by atoms with Gasteiger partial charge >= 0.3 is 0 Å². The monoisotopic (exact) mass is 457 g/mol. The van der Waals surface area contributed by atoms with Gasteiger partial charge in [0.15, 0.2) is 0 Å². The van der Waals surface area contributed by atoms with Crippen LogP contribution in [0.1, 0.15) is 31.4 Å². The maximum atomic E-state index is 14.7. The second-order valence-electron chi connectivity index (χ2n) is 8.07. The predicted molar refractivity (Wildman–Crippen MR) is 119 cm³/mol. The fraction of sp³-hybridized carbons (Fsp3) is 0.261. The SMILES string of the molecule is CC1(C(=O)NC(=NC(Cn2ccnc2)c2ccc(F)cc2F)Nc2ccc(Cl)cc2)CC1. The summed E-state index contributed by atoms with van der Waals surface area (Å²) in [6.45, 7) is 2.12. The van der Waals surface area contributed by atoms with Crippen molar-refractivity contribution in [1.29, 1.82) is 0 Å². The average molecular weight is 458 g/mol. The third kappa shape index (κ3) is 5.31. The van der Waals surface area contributed by atoms with Gasteiger partial charge in [-0.05, 0) is 43.2 Å². The number of imidazole rings is 1. The van der Waals surface area contributed by atoms with Crippen molar-refractivity contribution in [2.45, 2.75) is 32.4 Å². The molecule has 1 aromatic heterocycles. The van der Waals surface area contributed by atoms with Gasteiger partial charge in [-0.25, -0.2) is 18.8 Å². The molecular weight excluding hydrogens is 436 g/mol. The number of nitrogens with one attached hydrogen (secondary N) is 2. The molecular formula is C23H22ClF2N5O. The molecule has 1 unspecified atom stereocenters. The van der Waals surface area contributed by atoms with Crippen LogP contribution in [0, 0.1) is 17.0 Å². The van der Waals surface area contributed by atoms with E-state index in [0.29, 0.717) is 10.7 Å². The molecule has 1 aliphatic carbocycles. The third-order valence-electron chi connectivity index (χ3n) is 5.44. The lowest BCUT2D eigenvalue weighted by Crippen LogP contribution is -2.40. The number of amides is 1. The fourth-order valence-electron chi connectivity index (χ4n) is 3.17. The van der Waals surface area contributed by atoms with Crippen LogP contribution in [0.4, 0.5) is 14.5 Å². The first-order chi connectivity index (χ1) is 15.3. The van der Waals surface area contributed by atoms with Crippen molar-refractivity contribution in [2.24, 2.45) is 10.4 Å². The molecule has 2 aromatic carbocycles. The van der Waals surface area contributed by atoms with E-state index >= 15 is 0 Å². The number of carbonyl (C=O) groups is 1. The number of anilines is 1. The fourth-order valence-corrected chi connectivity index (χ4v) is 3.30. The van der Waals surface area contributed by atoms with E-state index in [1.54, 1.807) is 47.6 Å². The first-order valence-electron chi connectivity index (χ1n) is 10.1. The molecule has 32 heavy (non-hydrogen) atoms. The summed E-state index contributed by atoms with van der Waals surface area (Å²) in [4.78, 5) is 21.4. The van der Waals surface area contributed by atoms with Crippen molar-refractivity contribution in [2.75, 3.05) is 5.32 Å². The lowest BCUT2D eigenvalue weighted by atomic mass is 10.1. The van der Waals surface area contributed by atoms with Gasteiger partial charge in [0.25, 0.3) is 0 Å². The van der Waals surface area contributed by atoms with E-state index in [4.69, 9.17) is 11.6 Å². The summed E-state index contributed by atoms with van der Waals surface area (Å²) >= 11 is 5.97. The normalized spacial score (nSPS) is 15.8. The van der Waals surface area contributed by atoms with Crippen molar-refractivity contribution >= 4 is 29.2 Å². The Morgan fingerprint density at radius 1 is 1.25 bits per heavy atom. The van der Waals surface area contributed by atoms with E-state index in [9.17, 15) is 13.6 Å². The first kappa shape index (κ1) is 22.0. The summed E-state index contributed by atoms with van der Waals surface area (Å²) in [5, 5.41) is 6.49. The van der Waals surface area contributed by atoms with E-state index in [0.717, 1.165) is 18.9 Å². The van der Waals surface area contributed by atoms with Gasteiger partial charge in [0.1, 0.15) is 11.6 Å². The maximum Gasteiger partial charge on any atom is 0.232 e. The van der Waals surface area contributed by atoms with Gasteiger partial charge in [-0.1, -0.05) is 24.6 Å². The van der Waals surface area contributed by atoms with Gasteiger partial charge in [-0.3, -0.25) is 10.1 Å². The molecule has 9 heteroatoms. The second kappa shape index (κ2) is 9.08. The van der Waals surface area contributed by atoms with Crippen molar-refractivity contribution in [3.8, 4) is 0 Å². The number of halogens is 3. The molecule has 1 aliphatic rings. The van der Waals surface area contributed by atoms with Crippen LogP contribution in [0.2, 0.25) is 5.02 Å². The lowest BCUT2D eigenvalue weighted by Gasteiger charge is -2.19. The van der Waals surface area contributed by atoms with Gasteiger partial charge in [0.05, 0.1) is 18.9 Å². The van der Waals surface area contributed by atoms with Gasteiger partial charge in [0.2, 0.25) is 11.9 Å². The quantitative estimate of drug-likeness (QED) is 0.407. The van der Waals surface area contributed by atoms with Crippen LogP contribution >= 0.6 is 11.6 Å². The number of hydrogen-bond acceptors (Lipinski definition) is 3. The van der Waals surface area contributed by atoms with Crippen LogP contribution in [0.5, 0.6) is 0 Å². The molecule has 166 valence electrons. The molecule has 0 bridgehead atoms. The summed E-state index contributed by atoms with van der Waals surface area (Å²) in [6.07, 6.45) is 6.49. The standard InChI is InChI=1S/C23H22ClF2N5O/c1-23(8-9-23)21(32)30-22(28-17-5-2-15(24)3-6-17)29-20(13-31-11-10-27-14-31)18-7-4-16(25)12-19(18)26/h2-7,10-12,14,20H,8-9,13H2,1H3,(H2,28,29,30,32). The van der Waals surface area contributed by atoms with E-state index in [1.807, 2.05) is 6.92 Å². The average Bonchev–Trinajstić information content (AvgIpc) is 3.29. The Morgan fingerprint density at radius 3 is 2.62 bits per heavy atom.